The van der Waals surface area contributed by atoms with E-state index >= 15 is 0 Å². The minimum absolute atomic E-state index is 0.0684. The summed E-state index contributed by atoms with van der Waals surface area (Å²) in [7, 11) is 0. The van der Waals surface area contributed by atoms with Gasteiger partial charge in [-0.3, -0.25) is 24.0 Å². The summed E-state index contributed by atoms with van der Waals surface area (Å²) in [6, 6.07) is -5.03. The Morgan fingerprint density at radius 3 is 1.73 bits per heavy atom. The molecule has 5 unspecified atom stereocenters. The molecule has 5 atom stereocenters. The number of primary amides is 2. The predicted molar refractivity (Wildman–Crippen MR) is 118 cm³/mol. The average Bonchev–Trinajstić information content (AvgIpc) is 2.68. The first-order valence-corrected chi connectivity index (χ1v) is 10.7. The van der Waals surface area contributed by atoms with E-state index in [1.807, 2.05) is 0 Å². The predicted octanol–water partition coefficient (Wildman–Crippen LogP) is -2.30. The van der Waals surface area contributed by atoms with Gasteiger partial charge in [-0.25, -0.2) is 4.79 Å². The first-order valence-electron chi connectivity index (χ1n) is 10.7. The van der Waals surface area contributed by atoms with Gasteiger partial charge in [-0.15, -0.1) is 0 Å². The Bertz CT molecular complexity index is 742. The van der Waals surface area contributed by atoms with Crippen molar-refractivity contribution in [1.82, 2.24) is 16.0 Å². The second-order valence-electron chi connectivity index (χ2n) is 8.41. The maximum atomic E-state index is 13.0. The number of nitrogens with two attached hydrogens (primary N) is 3. The number of carbonyl (C=O) groups is 6. The molecule has 0 aliphatic rings. The van der Waals surface area contributed by atoms with Gasteiger partial charge in [0, 0.05) is 0 Å². The highest BCUT2D eigenvalue weighted by atomic mass is 16.4. The minimum Gasteiger partial charge on any atom is -0.480 e. The SMILES string of the molecule is CCC(C)C(NC(=O)C(N)CC(N)=O)C(=O)NC(CC(C)C)C(=O)NC(CC(N)=O)C(=O)O. The van der Waals surface area contributed by atoms with Crippen LogP contribution in [0.3, 0.4) is 0 Å². The molecule has 0 aromatic rings. The summed E-state index contributed by atoms with van der Waals surface area (Å²) in [5, 5.41) is 16.5. The van der Waals surface area contributed by atoms with Gasteiger partial charge in [-0.1, -0.05) is 34.1 Å². The molecule has 0 heterocycles. The summed E-state index contributed by atoms with van der Waals surface area (Å²) in [6.07, 6.45) is -0.380. The Kier molecular flexibility index (Phi) is 12.7. The molecule has 0 aliphatic heterocycles. The molecule has 0 radical (unpaired) electrons. The average molecular weight is 473 g/mol. The molecule has 0 fully saturated rings. The summed E-state index contributed by atoms with van der Waals surface area (Å²) >= 11 is 0. The van der Waals surface area contributed by atoms with Crippen molar-refractivity contribution in [3.05, 3.63) is 0 Å². The van der Waals surface area contributed by atoms with Gasteiger partial charge >= 0.3 is 5.97 Å². The van der Waals surface area contributed by atoms with Crippen LogP contribution in [0, 0.1) is 11.8 Å². The summed E-state index contributed by atoms with van der Waals surface area (Å²) in [5.74, 6) is -5.84. The molecule has 0 aliphatic carbocycles. The first-order chi connectivity index (χ1) is 15.2. The van der Waals surface area contributed by atoms with Crippen molar-refractivity contribution < 1.29 is 33.9 Å². The summed E-state index contributed by atoms with van der Waals surface area (Å²) < 4.78 is 0. The van der Waals surface area contributed by atoms with Crippen LogP contribution in [-0.2, 0) is 28.8 Å². The Balaban J connectivity index is 5.59. The van der Waals surface area contributed by atoms with E-state index in [-0.39, 0.29) is 18.3 Å². The third kappa shape index (κ3) is 11.3. The molecule has 33 heavy (non-hydrogen) atoms. The van der Waals surface area contributed by atoms with E-state index in [1.54, 1.807) is 27.7 Å². The number of carboxylic acid groups (broad SMARTS) is 1. The summed E-state index contributed by atoms with van der Waals surface area (Å²) in [4.78, 5) is 71.5. The Hall–Kier alpha value is -3.22. The highest BCUT2D eigenvalue weighted by Gasteiger charge is 2.33. The van der Waals surface area contributed by atoms with Crippen LogP contribution < -0.4 is 33.2 Å². The number of amides is 5. The van der Waals surface area contributed by atoms with Gasteiger partial charge < -0.3 is 38.3 Å². The summed E-state index contributed by atoms with van der Waals surface area (Å²) in [6.45, 7) is 7.08. The maximum absolute atomic E-state index is 13.0. The third-order valence-electron chi connectivity index (χ3n) is 4.91. The van der Waals surface area contributed by atoms with Gasteiger partial charge in [-0.05, 0) is 18.3 Å². The Morgan fingerprint density at radius 1 is 0.788 bits per heavy atom. The molecule has 13 heteroatoms. The van der Waals surface area contributed by atoms with E-state index in [9.17, 15) is 33.9 Å². The number of hydrogen-bond donors (Lipinski definition) is 7. The van der Waals surface area contributed by atoms with E-state index in [4.69, 9.17) is 17.2 Å². The van der Waals surface area contributed by atoms with Gasteiger partial charge in [-0.2, -0.15) is 0 Å². The highest BCUT2D eigenvalue weighted by molar-refractivity contribution is 5.95. The van der Waals surface area contributed by atoms with E-state index in [0.717, 1.165) is 0 Å². The second-order valence-corrected chi connectivity index (χ2v) is 8.41. The largest absolute Gasteiger partial charge is 0.480 e. The van der Waals surface area contributed by atoms with Crippen molar-refractivity contribution in [3.63, 3.8) is 0 Å². The molecule has 10 N–H and O–H groups in total. The lowest BCUT2D eigenvalue weighted by Gasteiger charge is -2.28. The van der Waals surface area contributed by atoms with Crippen molar-refractivity contribution in [2.24, 2.45) is 29.0 Å². The molecule has 188 valence electrons. The van der Waals surface area contributed by atoms with Crippen molar-refractivity contribution in [2.45, 2.75) is 77.5 Å². The van der Waals surface area contributed by atoms with Crippen molar-refractivity contribution in [1.29, 1.82) is 0 Å². The Labute approximate surface area is 192 Å². The van der Waals surface area contributed by atoms with Crippen LogP contribution >= 0.6 is 0 Å². The Morgan fingerprint density at radius 2 is 1.30 bits per heavy atom. The van der Waals surface area contributed by atoms with Crippen LogP contribution in [0.1, 0.15) is 53.4 Å². The number of aliphatic carboxylic acids is 1. The van der Waals surface area contributed by atoms with E-state index in [0.29, 0.717) is 6.42 Å². The molecule has 0 saturated heterocycles. The number of carboxylic acids is 1. The third-order valence-corrected chi connectivity index (χ3v) is 4.91. The quantitative estimate of drug-likeness (QED) is 0.136. The fraction of sp³-hybridized carbons (Fsp3) is 0.700. The second kappa shape index (κ2) is 14.0. The molecule has 0 spiro atoms. The maximum Gasteiger partial charge on any atom is 0.326 e. The van der Waals surface area contributed by atoms with Crippen LogP contribution in [0.25, 0.3) is 0 Å². The first kappa shape index (κ1) is 29.8. The molecule has 0 aromatic carbocycles. The van der Waals surface area contributed by atoms with Gasteiger partial charge in [0.15, 0.2) is 0 Å². The van der Waals surface area contributed by atoms with E-state index in [2.05, 4.69) is 16.0 Å². The van der Waals surface area contributed by atoms with Gasteiger partial charge in [0.05, 0.1) is 18.9 Å². The van der Waals surface area contributed by atoms with Gasteiger partial charge in [0.25, 0.3) is 0 Å². The molecule has 0 aromatic heterocycles. The van der Waals surface area contributed by atoms with Crippen molar-refractivity contribution in [3.8, 4) is 0 Å². The fourth-order valence-corrected chi connectivity index (χ4v) is 2.91. The van der Waals surface area contributed by atoms with E-state index in [1.165, 1.54) is 0 Å². The number of carbonyl (C=O) groups excluding carboxylic acids is 5. The molecular weight excluding hydrogens is 436 g/mol. The highest BCUT2D eigenvalue weighted by Crippen LogP contribution is 2.11. The van der Waals surface area contributed by atoms with E-state index < -0.39 is 72.5 Å². The standard InChI is InChI=1S/C20H36N6O7/c1-5-10(4)16(26-17(29)11(21)7-14(22)27)19(31)24-12(6-9(2)3)18(30)25-13(20(32)33)8-15(23)28/h9-13,16H,5-8,21H2,1-4H3,(H2,22,27)(H2,23,28)(H,24,31)(H,25,30)(H,26,29)(H,32,33). The number of rotatable bonds is 15. The smallest absolute Gasteiger partial charge is 0.326 e. The minimum atomic E-state index is -1.56. The number of hydrogen-bond acceptors (Lipinski definition) is 7. The van der Waals surface area contributed by atoms with Crippen molar-refractivity contribution >= 4 is 35.5 Å². The molecule has 0 bridgehead atoms. The molecule has 0 rings (SSSR count). The molecule has 0 saturated carbocycles. The monoisotopic (exact) mass is 472 g/mol. The van der Waals surface area contributed by atoms with Crippen LogP contribution in [0.5, 0.6) is 0 Å². The normalized spacial score (nSPS) is 15.5. The molecule has 5 amide bonds. The lowest BCUT2D eigenvalue weighted by atomic mass is 9.96. The lowest BCUT2D eigenvalue weighted by Crippen LogP contribution is -2.59. The lowest BCUT2D eigenvalue weighted by molar-refractivity contribution is -0.144. The van der Waals surface area contributed by atoms with Crippen molar-refractivity contribution in [2.75, 3.05) is 0 Å². The van der Waals surface area contributed by atoms with Crippen LogP contribution in [0.2, 0.25) is 0 Å². The zero-order valence-electron chi connectivity index (χ0n) is 19.4. The number of nitrogens with one attached hydrogen (secondary N) is 3. The van der Waals surface area contributed by atoms with Crippen LogP contribution in [-0.4, -0.2) is 64.8 Å². The van der Waals surface area contributed by atoms with Gasteiger partial charge in [0.2, 0.25) is 29.5 Å². The zero-order valence-corrected chi connectivity index (χ0v) is 19.4. The molecule has 13 nitrogen and oxygen atoms in total. The topological polar surface area (TPSA) is 237 Å². The van der Waals surface area contributed by atoms with Crippen LogP contribution in [0.15, 0.2) is 0 Å². The fourth-order valence-electron chi connectivity index (χ4n) is 2.91. The zero-order chi connectivity index (χ0) is 25.9. The van der Waals surface area contributed by atoms with Crippen LogP contribution in [0.4, 0.5) is 0 Å². The summed E-state index contributed by atoms with van der Waals surface area (Å²) in [5.41, 5.74) is 15.7. The molecular formula is C20H36N6O7. The van der Waals surface area contributed by atoms with Gasteiger partial charge in [0.1, 0.15) is 18.1 Å².